The van der Waals surface area contributed by atoms with Crippen LogP contribution in [0.5, 0.6) is 0 Å². The number of anilines is 1. The van der Waals surface area contributed by atoms with Crippen LogP contribution < -0.4 is 10.6 Å². The van der Waals surface area contributed by atoms with Gasteiger partial charge in [0.05, 0.1) is 5.60 Å². The smallest absolute Gasteiger partial charge is 0.0831 e. The molecule has 3 N–H and O–H groups in total. The van der Waals surface area contributed by atoms with Gasteiger partial charge in [-0.3, -0.25) is 0 Å². The Bertz CT molecular complexity index is 357. The van der Waals surface area contributed by atoms with E-state index in [1.165, 1.54) is 5.56 Å². The second kappa shape index (κ2) is 5.52. The molecule has 1 heterocycles. The monoisotopic (exact) mass is 234 g/mol. The minimum absolute atomic E-state index is 0.564. The predicted octanol–water partition coefficient (Wildman–Crippen LogP) is 1.91. The maximum Gasteiger partial charge on any atom is 0.0831 e. The number of rotatable bonds is 3. The summed E-state index contributed by atoms with van der Waals surface area (Å²) in [5.41, 5.74) is 1.78. The molecule has 0 amide bonds. The summed E-state index contributed by atoms with van der Waals surface area (Å²) in [4.78, 5) is 0. The molecule has 0 aliphatic carbocycles. The van der Waals surface area contributed by atoms with Crippen LogP contribution in [0, 0.1) is 6.92 Å². The summed E-state index contributed by atoms with van der Waals surface area (Å²) in [6.45, 7) is 4.65. The summed E-state index contributed by atoms with van der Waals surface area (Å²) in [6.07, 6.45) is 2.75. The van der Waals surface area contributed by atoms with Crippen LogP contribution in [0.25, 0.3) is 0 Å². The van der Waals surface area contributed by atoms with E-state index in [4.69, 9.17) is 0 Å². The minimum atomic E-state index is -0.564. The van der Waals surface area contributed by atoms with Gasteiger partial charge in [0.25, 0.3) is 0 Å². The lowest BCUT2D eigenvalue weighted by atomic mass is 9.94. The Kier molecular flexibility index (Phi) is 4.02. The molecule has 2 rings (SSSR count). The van der Waals surface area contributed by atoms with Crippen LogP contribution in [0.2, 0.25) is 0 Å². The summed E-state index contributed by atoms with van der Waals surface area (Å²) in [5, 5.41) is 17.2. The van der Waals surface area contributed by atoms with E-state index >= 15 is 0 Å². The molecule has 1 aromatic carbocycles. The zero-order chi connectivity index (χ0) is 12.1. The van der Waals surface area contributed by atoms with Crippen molar-refractivity contribution in [2.75, 3.05) is 25.0 Å². The van der Waals surface area contributed by atoms with Crippen molar-refractivity contribution in [2.45, 2.75) is 31.8 Å². The standard InChI is InChI=1S/C14H22N2O/c1-12-5-2-3-6-13(12)16-11-14(17)7-4-9-15-10-8-14/h2-3,5-6,15-17H,4,7-11H2,1H3. The fourth-order valence-electron chi connectivity index (χ4n) is 2.32. The van der Waals surface area contributed by atoms with E-state index < -0.39 is 5.60 Å². The summed E-state index contributed by atoms with van der Waals surface area (Å²) >= 11 is 0. The molecule has 3 heteroatoms. The van der Waals surface area contributed by atoms with Gasteiger partial charge >= 0.3 is 0 Å². The van der Waals surface area contributed by atoms with Gasteiger partial charge in [0, 0.05) is 12.2 Å². The van der Waals surface area contributed by atoms with Crippen LogP contribution in [-0.4, -0.2) is 30.3 Å². The van der Waals surface area contributed by atoms with Crippen LogP contribution >= 0.6 is 0 Å². The molecule has 1 unspecified atom stereocenters. The molecule has 1 aromatic rings. The maximum atomic E-state index is 10.5. The minimum Gasteiger partial charge on any atom is -0.388 e. The zero-order valence-electron chi connectivity index (χ0n) is 10.5. The highest BCUT2D eigenvalue weighted by Crippen LogP contribution is 2.21. The normalized spacial score (nSPS) is 25.3. The first-order chi connectivity index (χ1) is 8.20. The Morgan fingerprint density at radius 3 is 2.94 bits per heavy atom. The molecule has 1 fully saturated rings. The number of hydrogen-bond acceptors (Lipinski definition) is 3. The Hall–Kier alpha value is -1.06. The average Bonchev–Trinajstić information content (AvgIpc) is 2.54. The zero-order valence-corrected chi connectivity index (χ0v) is 10.5. The molecule has 0 spiro atoms. The Morgan fingerprint density at radius 2 is 2.12 bits per heavy atom. The van der Waals surface area contributed by atoms with Crippen molar-refractivity contribution in [3.63, 3.8) is 0 Å². The molecule has 1 aliphatic rings. The lowest BCUT2D eigenvalue weighted by molar-refractivity contribution is 0.0414. The van der Waals surface area contributed by atoms with Crippen molar-refractivity contribution in [3.05, 3.63) is 29.8 Å². The maximum absolute atomic E-state index is 10.5. The van der Waals surface area contributed by atoms with Crippen molar-refractivity contribution < 1.29 is 5.11 Å². The van der Waals surface area contributed by atoms with Crippen LogP contribution in [0.3, 0.4) is 0 Å². The summed E-state index contributed by atoms with van der Waals surface area (Å²) in [5.74, 6) is 0. The number of hydrogen-bond donors (Lipinski definition) is 3. The van der Waals surface area contributed by atoms with E-state index in [0.717, 1.165) is 38.0 Å². The van der Waals surface area contributed by atoms with E-state index in [0.29, 0.717) is 6.54 Å². The third kappa shape index (κ3) is 3.45. The van der Waals surface area contributed by atoms with Gasteiger partial charge in [-0.05, 0) is 50.9 Å². The molecule has 0 radical (unpaired) electrons. The van der Waals surface area contributed by atoms with Gasteiger partial charge in [0.2, 0.25) is 0 Å². The number of aliphatic hydroxyl groups is 1. The molecule has 0 aromatic heterocycles. The van der Waals surface area contributed by atoms with E-state index in [-0.39, 0.29) is 0 Å². The van der Waals surface area contributed by atoms with Crippen LogP contribution in [0.1, 0.15) is 24.8 Å². The van der Waals surface area contributed by atoms with Crippen molar-refractivity contribution >= 4 is 5.69 Å². The lowest BCUT2D eigenvalue weighted by Gasteiger charge is -2.27. The quantitative estimate of drug-likeness (QED) is 0.748. The molecule has 94 valence electrons. The first kappa shape index (κ1) is 12.4. The van der Waals surface area contributed by atoms with E-state index in [2.05, 4.69) is 29.7 Å². The second-order valence-electron chi connectivity index (χ2n) is 5.00. The molecule has 1 atom stereocenters. The van der Waals surface area contributed by atoms with Crippen molar-refractivity contribution in [3.8, 4) is 0 Å². The second-order valence-corrected chi connectivity index (χ2v) is 5.00. The Balaban J connectivity index is 1.94. The number of aryl methyl sites for hydroxylation is 1. The third-order valence-corrected chi connectivity index (χ3v) is 3.52. The van der Waals surface area contributed by atoms with Crippen LogP contribution in [-0.2, 0) is 0 Å². The number of nitrogens with one attached hydrogen (secondary N) is 2. The largest absolute Gasteiger partial charge is 0.388 e. The molecule has 17 heavy (non-hydrogen) atoms. The fourth-order valence-corrected chi connectivity index (χ4v) is 2.32. The molecule has 0 saturated carbocycles. The van der Waals surface area contributed by atoms with Crippen LogP contribution in [0.15, 0.2) is 24.3 Å². The van der Waals surface area contributed by atoms with Gasteiger partial charge in [-0.15, -0.1) is 0 Å². The van der Waals surface area contributed by atoms with E-state index in [1.54, 1.807) is 0 Å². The van der Waals surface area contributed by atoms with Gasteiger partial charge < -0.3 is 15.7 Å². The fraction of sp³-hybridized carbons (Fsp3) is 0.571. The SMILES string of the molecule is Cc1ccccc1NCC1(O)CCCNCC1. The molecular weight excluding hydrogens is 212 g/mol. The van der Waals surface area contributed by atoms with E-state index in [9.17, 15) is 5.11 Å². The van der Waals surface area contributed by atoms with Crippen molar-refractivity contribution in [1.29, 1.82) is 0 Å². The summed E-state index contributed by atoms with van der Waals surface area (Å²) < 4.78 is 0. The van der Waals surface area contributed by atoms with Gasteiger partial charge in [-0.1, -0.05) is 18.2 Å². The van der Waals surface area contributed by atoms with Gasteiger partial charge in [-0.2, -0.15) is 0 Å². The lowest BCUT2D eigenvalue weighted by Crippen LogP contribution is -2.37. The molecule has 3 nitrogen and oxygen atoms in total. The summed E-state index contributed by atoms with van der Waals surface area (Å²) in [6, 6.07) is 8.20. The average molecular weight is 234 g/mol. The highest BCUT2D eigenvalue weighted by atomic mass is 16.3. The van der Waals surface area contributed by atoms with Crippen LogP contribution in [0.4, 0.5) is 5.69 Å². The Morgan fingerprint density at radius 1 is 1.29 bits per heavy atom. The van der Waals surface area contributed by atoms with Crippen molar-refractivity contribution in [1.82, 2.24) is 5.32 Å². The number of para-hydroxylation sites is 1. The van der Waals surface area contributed by atoms with Gasteiger partial charge in [0.15, 0.2) is 0 Å². The predicted molar refractivity (Wildman–Crippen MR) is 71.3 cm³/mol. The van der Waals surface area contributed by atoms with Gasteiger partial charge in [0.1, 0.15) is 0 Å². The first-order valence-electron chi connectivity index (χ1n) is 6.42. The highest BCUT2D eigenvalue weighted by molar-refractivity contribution is 5.50. The van der Waals surface area contributed by atoms with E-state index in [1.807, 2.05) is 12.1 Å². The molecule has 0 bridgehead atoms. The molecule has 1 saturated heterocycles. The first-order valence-corrected chi connectivity index (χ1v) is 6.42. The Labute approximate surface area is 103 Å². The highest BCUT2D eigenvalue weighted by Gasteiger charge is 2.27. The number of benzene rings is 1. The molecular formula is C14H22N2O. The third-order valence-electron chi connectivity index (χ3n) is 3.52. The molecule has 1 aliphatic heterocycles. The van der Waals surface area contributed by atoms with Crippen molar-refractivity contribution in [2.24, 2.45) is 0 Å². The van der Waals surface area contributed by atoms with Gasteiger partial charge in [-0.25, -0.2) is 0 Å². The topological polar surface area (TPSA) is 44.3 Å². The summed E-state index contributed by atoms with van der Waals surface area (Å²) in [7, 11) is 0.